The monoisotopic (exact) mass is 315 g/mol. The average molecular weight is 316 g/mol. The summed E-state index contributed by atoms with van der Waals surface area (Å²) < 4.78 is 0.846. The first kappa shape index (κ1) is 15.8. The van der Waals surface area contributed by atoms with Gasteiger partial charge in [-0.3, -0.25) is 9.69 Å². The van der Waals surface area contributed by atoms with Gasteiger partial charge in [0.2, 0.25) is 5.91 Å². The second-order valence-corrected chi connectivity index (χ2v) is 6.87. The van der Waals surface area contributed by atoms with Gasteiger partial charge in [-0.15, -0.1) is 11.3 Å². The van der Waals surface area contributed by atoms with Crippen molar-refractivity contribution in [3.8, 4) is 0 Å². The Balaban J connectivity index is 1.70. The number of nitrogens with one attached hydrogen (secondary N) is 1. The number of amides is 1. The highest BCUT2D eigenvalue weighted by Crippen LogP contribution is 2.23. The molecular formula is C14H22ClN3OS. The summed E-state index contributed by atoms with van der Waals surface area (Å²) in [5, 5.41) is 3.07. The number of carbonyl (C=O) groups is 1. The van der Waals surface area contributed by atoms with Crippen molar-refractivity contribution in [2.75, 3.05) is 39.8 Å². The molecule has 4 nitrogen and oxygen atoms in total. The number of hydrogen-bond donors (Lipinski definition) is 1. The molecule has 6 heteroatoms. The van der Waals surface area contributed by atoms with E-state index in [4.69, 9.17) is 11.6 Å². The van der Waals surface area contributed by atoms with Crippen LogP contribution in [0.1, 0.15) is 17.7 Å². The molecule has 0 aromatic carbocycles. The topological polar surface area (TPSA) is 35.6 Å². The van der Waals surface area contributed by atoms with E-state index in [0.29, 0.717) is 12.3 Å². The first-order chi connectivity index (χ1) is 9.69. The molecule has 0 radical (unpaired) electrons. The Morgan fingerprint density at radius 2 is 2.10 bits per heavy atom. The molecule has 1 N–H and O–H groups in total. The summed E-state index contributed by atoms with van der Waals surface area (Å²) in [6.45, 7) is 5.44. The van der Waals surface area contributed by atoms with E-state index in [1.54, 1.807) is 11.3 Å². The van der Waals surface area contributed by atoms with Crippen LogP contribution in [-0.4, -0.2) is 55.5 Å². The molecule has 0 spiro atoms. The minimum Gasteiger partial charge on any atom is -0.340 e. The predicted octanol–water partition coefficient (Wildman–Crippen LogP) is 2.05. The number of carbonyl (C=O) groups excluding carboxylic acids is 1. The van der Waals surface area contributed by atoms with Crippen molar-refractivity contribution in [1.82, 2.24) is 15.1 Å². The highest BCUT2D eigenvalue weighted by Gasteiger charge is 2.20. The van der Waals surface area contributed by atoms with Crippen molar-refractivity contribution in [2.24, 2.45) is 0 Å². The maximum absolute atomic E-state index is 12.0. The van der Waals surface area contributed by atoms with Crippen LogP contribution in [0.2, 0.25) is 4.34 Å². The van der Waals surface area contributed by atoms with Crippen LogP contribution < -0.4 is 5.32 Å². The lowest BCUT2D eigenvalue weighted by molar-refractivity contribution is -0.133. The Bertz CT molecular complexity index is 430. The van der Waals surface area contributed by atoms with Crippen molar-refractivity contribution in [1.29, 1.82) is 0 Å². The molecule has 0 atom stereocenters. The molecule has 1 aliphatic heterocycles. The van der Waals surface area contributed by atoms with Gasteiger partial charge in [0.15, 0.2) is 0 Å². The van der Waals surface area contributed by atoms with Gasteiger partial charge in [0.25, 0.3) is 0 Å². The van der Waals surface area contributed by atoms with E-state index >= 15 is 0 Å². The van der Waals surface area contributed by atoms with Gasteiger partial charge in [0.1, 0.15) is 0 Å². The van der Waals surface area contributed by atoms with Gasteiger partial charge in [-0.1, -0.05) is 11.6 Å². The fourth-order valence-electron chi connectivity index (χ4n) is 2.39. The Kier molecular flexibility index (Phi) is 6.29. The van der Waals surface area contributed by atoms with Crippen molar-refractivity contribution in [3.05, 3.63) is 21.3 Å². The van der Waals surface area contributed by atoms with Gasteiger partial charge >= 0.3 is 0 Å². The Morgan fingerprint density at radius 3 is 2.70 bits per heavy atom. The minimum atomic E-state index is 0.291. The number of hydrogen-bond acceptors (Lipinski definition) is 4. The third-order valence-electron chi connectivity index (χ3n) is 3.55. The highest BCUT2D eigenvalue weighted by atomic mass is 35.5. The van der Waals surface area contributed by atoms with Crippen LogP contribution in [0, 0.1) is 0 Å². The molecule has 0 bridgehead atoms. The Hall–Kier alpha value is -0.620. The zero-order valence-electron chi connectivity index (χ0n) is 11.9. The molecule has 2 rings (SSSR count). The molecule has 0 saturated carbocycles. The summed E-state index contributed by atoms with van der Waals surface area (Å²) in [6.07, 6.45) is 1.57. The first-order valence-electron chi connectivity index (χ1n) is 7.08. The lowest BCUT2D eigenvalue weighted by atomic mass is 10.2. The Labute approximate surface area is 129 Å². The van der Waals surface area contributed by atoms with E-state index in [9.17, 15) is 4.79 Å². The second-order valence-electron chi connectivity index (χ2n) is 5.07. The van der Waals surface area contributed by atoms with E-state index < -0.39 is 0 Å². The molecule has 0 aliphatic carbocycles. The van der Waals surface area contributed by atoms with Crippen LogP contribution in [0.15, 0.2) is 12.1 Å². The molecule has 0 unspecified atom stereocenters. The van der Waals surface area contributed by atoms with Crippen molar-refractivity contribution < 1.29 is 4.79 Å². The standard InChI is InChI=1S/C14H22ClN3OS/c1-16-6-2-3-14(19)18-9-7-17(8-10-18)11-12-4-5-13(15)20-12/h4-5,16H,2-3,6-11H2,1H3. The van der Waals surface area contributed by atoms with Crippen LogP contribution in [0.4, 0.5) is 0 Å². The Morgan fingerprint density at radius 1 is 1.35 bits per heavy atom. The van der Waals surface area contributed by atoms with Crippen molar-refractivity contribution in [2.45, 2.75) is 19.4 Å². The lowest BCUT2D eigenvalue weighted by Crippen LogP contribution is -2.48. The number of thiophene rings is 1. The van der Waals surface area contributed by atoms with E-state index in [0.717, 1.165) is 50.0 Å². The molecule has 1 aliphatic rings. The number of halogens is 1. The lowest BCUT2D eigenvalue weighted by Gasteiger charge is -2.34. The van der Waals surface area contributed by atoms with Gasteiger partial charge in [0.05, 0.1) is 4.34 Å². The summed E-state index contributed by atoms with van der Waals surface area (Å²) in [7, 11) is 1.92. The highest BCUT2D eigenvalue weighted by molar-refractivity contribution is 7.16. The van der Waals surface area contributed by atoms with Gasteiger partial charge in [-0.2, -0.15) is 0 Å². The molecule has 1 aromatic heterocycles. The van der Waals surface area contributed by atoms with Crippen LogP contribution >= 0.6 is 22.9 Å². The largest absolute Gasteiger partial charge is 0.340 e. The minimum absolute atomic E-state index is 0.291. The fourth-order valence-corrected chi connectivity index (χ4v) is 3.52. The third kappa shape index (κ3) is 4.74. The summed E-state index contributed by atoms with van der Waals surface area (Å²) in [5.41, 5.74) is 0. The molecule has 20 heavy (non-hydrogen) atoms. The summed E-state index contributed by atoms with van der Waals surface area (Å²) in [4.78, 5) is 17.7. The van der Waals surface area contributed by atoms with Crippen LogP contribution in [0.5, 0.6) is 0 Å². The average Bonchev–Trinajstić information content (AvgIpc) is 2.85. The van der Waals surface area contributed by atoms with E-state index in [-0.39, 0.29) is 0 Å². The SMILES string of the molecule is CNCCCC(=O)N1CCN(Cc2ccc(Cl)s2)CC1. The van der Waals surface area contributed by atoms with Gasteiger partial charge in [0, 0.05) is 44.0 Å². The van der Waals surface area contributed by atoms with Crippen LogP contribution in [-0.2, 0) is 11.3 Å². The number of rotatable bonds is 6. The van der Waals surface area contributed by atoms with Crippen molar-refractivity contribution in [3.63, 3.8) is 0 Å². The number of nitrogens with zero attached hydrogens (tertiary/aromatic N) is 2. The van der Waals surface area contributed by atoms with Gasteiger partial charge in [-0.25, -0.2) is 0 Å². The molecule has 1 aromatic rings. The fraction of sp³-hybridized carbons (Fsp3) is 0.643. The molecule has 112 valence electrons. The molecule has 1 saturated heterocycles. The molecule has 2 heterocycles. The van der Waals surface area contributed by atoms with Gasteiger partial charge in [-0.05, 0) is 32.1 Å². The van der Waals surface area contributed by atoms with E-state index in [1.165, 1.54) is 4.88 Å². The normalized spacial score (nSPS) is 16.6. The second kappa shape index (κ2) is 7.98. The molecular weight excluding hydrogens is 294 g/mol. The third-order valence-corrected chi connectivity index (χ3v) is 4.77. The molecule has 1 amide bonds. The predicted molar refractivity (Wildman–Crippen MR) is 84.3 cm³/mol. The first-order valence-corrected chi connectivity index (χ1v) is 8.27. The van der Waals surface area contributed by atoms with Crippen LogP contribution in [0.25, 0.3) is 0 Å². The van der Waals surface area contributed by atoms with E-state index in [2.05, 4.69) is 16.3 Å². The van der Waals surface area contributed by atoms with E-state index in [1.807, 2.05) is 18.0 Å². The summed E-state index contributed by atoms with van der Waals surface area (Å²) in [6, 6.07) is 4.03. The smallest absolute Gasteiger partial charge is 0.222 e. The molecule has 1 fully saturated rings. The zero-order valence-corrected chi connectivity index (χ0v) is 13.5. The maximum Gasteiger partial charge on any atom is 0.222 e. The van der Waals surface area contributed by atoms with Gasteiger partial charge < -0.3 is 10.2 Å². The zero-order chi connectivity index (χ0) is 14.4. The maximum atomic E-state index is 12.0. The summed E-state index contributed by atoms with van der Waals surface area (Å²) >= 11 is 7.58. The quantitative estimate of drug-likeness (QED) is 0.816. The summed E-state index contributed by atoms with van der Waals surface area (Å²) in [5.74, 6) is 0.291. The van der Waals surface area contributed by atoms with Crippen molar-refractivity contribution >= 4 is 28.8 Å². The number of piperazine rings is 1. The van der Waals surface area contributed by atoms with Crippen LogP contribution in [0.3, 0.4) is 0 Å².